The van der Waals surface area contributed by atoms with Crippen molar-refractivity contribution < 1.29 is 9.47 Å². The van der Waals surface area contributed by atoms with Gasteiger partial charge in [-0.25, -0.2) is 15.0 Å². The maximum absolute atomic E-state index is 5.81. The SMILES string of the molecule is CCCCCCCCOc1ccc(-c2ncc(OCCCCCCCCC3CC3)cn2)cn1. The quantitative estimate of drug-likeness (QED) is 0.203. The average Bonchev–Trinajstić information content (AvgIpc) is 3.68. The van der Waals surface area contributed by atoms with Crippen LogP contribution in [0, 0.1) is 5.92 Å². The summed E-state index contributed by atoms with van der Waals surface area (Å²) < 4.78 is 11.6. The van der Waals surface area contributed by atoms with Crippen LogP contribution >= 0.6 is 0 Å². The lowest BCUT2D eigenvalue weighted by Crippen LogP contribution is -2.00. The molecule has 2 heterocycles. The topological polar surface area (TPSA) is 57.1 Å². The van der Waals surface area contributed by atoms with Crippen LogP contribution in [0.1, 0.15) is 103 Å². The number of hydrogen-bond acceptors (Lipinski definition) is 5. The van der Waals surface area contributed by atoms with Crippen LogP contribution in [0.25, 0.3) is 11.4 Å². The van der Waals surface area contributed by atoms with Gasteiger partial charge in [0.2, 0.25) is 5.88 Å². The standard InChI is InChI=1S/C28H43N3O2/c1-2-3-4-5-9-13-20-33-27-18-17-25(21-29-27)28-30-22-26(23-31-28)32-19-12-10-7-6-8-11-14-24-15-16-24/h17-18,21-24H,2-16,19-20H2,1H3. The highest BCUT2D eigenvalue weighted by molar-refractivity contribution is 5.53. The highest BCUT2D eigenvalue weighted by atomic mass is 16.5. The molecule has 2 aromatic heterocycles. The fraction of sp³-hybridized carbons (Fsp3) is 0.679. The second-order valence-electron chi connectivity index (χ2n) is 9.45. The third-order valence-corrected chi connectivity index (χ3v) is 6.34. The summed E-state index contributed by atoms with van der Waals surface area (Å²) in [6, 6.07) is 3.86. The van der Waals surface area contributed by atoms with Crippen molar-refractivity contribution in [1.29, 1.82) is 0 Å². The summed E-state index contributed by atoms with van der Waals surface area (Å²) in [6.45, 7) is 3.70. The van der Waals surface area contributed by atoms with Crippen molar-refractivity contribution in [3.8, 4) is 23.0 Å². The molecule has 0 saturated heterocycles. The summed E-state index contributed by atoms with van der Waals surface area (Å²) in [5, 5.41) is 0. The fourth-order valence-electron chi connectivity index (χ4n) is 4.04. The van der Waals surface area contributed by atoms with Gasteiger partial charge in [0, 0.05) is 17.8 Å². The molecule has 5 nitrogen and oxygen atoms in total. The summed E-state index contributed by atoms with van der Waals surface area (Å²) in [7, 11) is 0. The lowest BCUT2D eigenvalue weighted by molar-refractivity contribution is 0.293. The molecule has 182 valence electrons. The van der Waals surface area contributed by atoms with Gasteiger partial charge in [-0.3, -0.25) is 0 Å². The number of nitrogens with zero attached hydrogens (tertiary/aromatic N) is 3. The van der Waals surface area contributed by atoms with Crippen molar-refractivity contribution in [2.24, 2.45) is 5.92 Å². The van der Waals surface area contributed by atoms with E-state index in [4.69, 9.17) is 9.47 Å². The van der Waals surface area contributed by atoms with Crippen molar-refractivity contribution in [1.82, 2.24) is 15.0 Å². The molecule has 0 radical (unpaired) electrons. The van der Waals surface area contributed by atoms with Gasteiger partial charge >= 0.3 is 0 Å². The Bertz CT molecular complexity index is 745. The van der Waals surface area contributed by atoms with Gasteiger partial charge in [0.1, 0.15) is 0 Å². The number of ether oxygens (including phenoxy) is 2. The Morgan fingerprint density at radius 3 is 1.97 bits per heavy atom. The summed E-state index contributed by atoms with van der Waals surface area (Å²) in [5.41, 5.74) is 0.884. The van der Waals surface area contributed by atoms with E-state index in [0.29, 0.717) is 11.7 Å². The van der Waals surface area contributed by atoms with E-state index in [1.54, 1.807) is 18.6 Å². The second kappa shape index (κ2) is 15.6. The van der Waals surface area contributed by atoms with Crippen LogP contribution in [0.3, 0.4) is 0 Å². The minimum atomic E-state index is 0.656. The van der Waals surface area contributed by atoms with Crippen LogP contribution < -0.4 is 9.47 Å². The second-order valence-corrected chi connectivity index (χ2v) is 9.45. The molecule has 0 unspecified atom stereocenters. The Morgan fingerprint density at radius 2 is 1.33 bits per heavy atom. The summed E-state index contributed by atoms with van der Waals surface area (Å²) in [5.74, 6) is 3.13. The van der Waals surface area contributed by atoms with Crippen LogP contribution in [0.15, 0.2) is 30.7 Å². The molecular formula is C28H43N3O2. The van der Waals surface area contributed by atoms with Crippen molar-refractivity contribution in [2.45, 2.75) is 103 Å². The lowest BCUT2D eigenvalue weighted by atomic mass is 10.1. The molecule has 0 N–H and O–H groups in total. The molecule has 1 aliphatic rings. The predicted octanol–water partition coefficient (Wildman–Crippen LogP) is 7.80. The maximum Gasteiger partial charge on any atom is 0.213 e. The molecule has 3 rings (SSSR count). The molecule has 0 atom stereocenters. The van der Waals surface area contributed by atoms with Crippen LogP contribution in [0.4, 0.5) is 0 Å². The van der Waals surface area contributed by atoms with Gasteiger partial charge in [-0.15, -0.1) is 0 Å². The number of hydrogen-bond donors (Lipinski definition) is 0. The van der Waals surface area contributed by atoms with E-state index in [9.17, 15) is 0 Å². The number of aromatic nitrogens is 3. The number of unbranched alkanes of at least 4 members (excludes halogenated alkanes) is 10. The molecule has 0 aromatic carbocycles. The van der Waals surface area contributed by atoms with Gasteiger partial charge in [0.05, 0.1) is 25.6 Å². The molecule has 33 heavy (non-hydrogen) atoms. The summed E-state index contributed by atoms with van der Waals surface area (Å²) in [6.07, 6.45) is 25.1. The normalized spacial score (nSPS) is 13.2. The van der Waals surface area contributed by atoms with Crippen molar-refractivity contribution >= 4 is 0 Å². The first-order valence-corrected chi connectivity index (χ1v) is 13.4. The fourth-order valence-corrected chi connectivity index (χ4v) is 4.04. The van der Waals surface area contributed by atoms with Gasteiger partial charge < -0.3 is 9.47 Å². The van der Waals surface area contributed by atoms with E-state index in [1.807, 2.05) is 12.1 Å². The minimum absolute atomic E-state index is 0.656. The lowest BCUT2D eigenvalue weighted by Gasteiger charge is -2.07. The van der Waals surface area contributed by atoms with Crippen LogP contribution in [0.5, 0.6) is 11.6 Å². The zero-order valence-corrected chi connectivity index (χ0v) is 20.6. The van der Waals surface area contributed by atoms with Crippen LogP contribution in [-0.2, 0) is 0 Å². The molecular weight excluding hydrogens is 410 g/mol. The van der Waals surface area contributed by atoms with E-state index >= 15 is 0 Å². The Labute approximate surface area is 200 Å². The molecule has 0 aliphatic heterocycles. The number of rotatable bonds is 19. The Kier molecular flexibility index (Phi) is 12.1. The first kappa shape index (κ1) is 25.5. The molecule has 0 amide bonds. The van der Waals surface area contributed by atoms with E-state index in [2.05, 4.69) is 21.9 Å². The molecule has 2 aromatic rings. The highest BCUT2D eigenvalue weighted by Gasteiger charge is 2.19. The minimum Gasteiger partial charge on any atom is -0.490 e. The third kappa shape index (κ3) is 11.0. The monoisotopic (exact) mass is 453 g/mol. The van der Waals surface area contributed by atoms with E-state index in [-0.39, 0.29) is 0 Å². The maximum atomic E-state index is 5.81. The van der Waals surface area contributed by atoms with Crippen molar-refractivity contribution in [3.63, 3.8) is 0 Å². The Hall–Kier alpha value is -2.17. The van der Waals surface area contributed by atoms with Crippen LogP contribution in [0.2, 0.25) is 0 Å². The zero-order valence-electron chi connectivity index (χ0n) is 20.6. The largest absolute Gasteiger partial charge is 0.490 e. The smallest absolute Gasteiger partial charge is 0.213 e. The molecule has 5 heteroatoms. The molecule has 1 saturated carbocycles. The number of pyridine rings is 1. The van der Waals surface area contributed by atoms with Gasteiger partial charge in [-0.2, -0.15) is 0 Å². The van der Waals surface area contributed by atoms with E-state index in [1.165, 1.54) is 83.5 Å². The highest BCUT2D eigenvalue weighted by Crippen LogP contribution is 2.34. The van der Waals surface area contributed by atoms with Gasteiger partial charge in [-0.05, 0) is 24.8 Å². The van der Waals surface area contributed by atoms with Crippen LogP contribution in [-0.4, -0.2) is 28.2 Å². The van der Waals surface area contributed by atoms with Gasteiger partial charge in [-0.1, -0.05) is 90.4 Å². The summed E-state index contributed by atoms with van der Waals surface area (Å²) in [4.78, 5) is 13.3. The van der Waals surface area contributed by atoms with E-state index in [0.717, 1.165) is 43.3 Å². The van der Waals surface area contributed by atoms with Gasteiger partial charge in [0.25, 0.3) is 0 Å². The van der Waals surface area contributed by atoms with Crippen molar-refractivity contribution in [2.75, 3.05) is 13.2 Å². The third-order valence-electron chi connectivity index (χ3n) is 6.34. The average molecular weight is 454 g/mol. The van der Waals surface area contributed by atoms with Crippen molar-refractivity contribution in [3.05, 3.63) is 30.7 Å². The van der Waals surface area contributed by atoms with E-state index < -0.39 is 0 Å². The molecule has 0 bridgehead atoms. The van der Waals surface area contributed by atoms with Gasteiger partial charge in [0.15, 0.2) is 11.6 Å². The molecule has 1 fully saturated rings. The Balaban J connectivity index is 1.25. The molecule has 1 aliphatic carbocycles. The molecule has 0 spiro atoms. The first-order valence-electron chi connectivity index (χ1n) is 13.4. The summed E-state index contributed by atoms with van der Waals surface area (Å²) >= 11 is 0. The first-order chi connectivity index (χ1) is 16.3. The Morgan fingerprint density at radius 1 is 0.697 bits per heavy atom. The predicted molar refractivity (Wildman–Crippen MR) is 135 cm³/mol. The zero-order chi connectivity index (χ0) is 23.0.